The zero-order valence-electron chi connectivity index (χ0n) is 21.7. The molecule has 3 N–H and O–H groups in total. The van der Waals surface area contributed by atoms with Crippen molar-refractivity contribution in [1.82, 2.24) is 20.9 Å². The molecule has 1 aliphatic carbocycles. The molecule has 1 saturated carbocycles. The van der Waals surface area contributed by atoms with Gasteiger partial charge in [0.05, 0.1) is 32.0 Å². The van der Waals surface area contributed by atoms with Crippen LogP contribution in [-0.4, -0.2) is 82.7 Å². The van der Waals surface area contributed by atoms with Gasteiger partial charge in [-0.05, 0) is 69.2 Å². The topological polar surface area (TPSA) is 101 Å². The fourth-order valence-electron chi connectivity index (χ4n) is 4.66. The van der Waals surface area contributed by atoms with Crippen molar-refractivity contribution in [3.63, 3.8) is 0 Å². The van der Waals surface area contributed by atoms with Crippen molar-refractivity contribution < 1.29 is 23.8 Å². The molecule has 2 fully saturated rings. The first-order chi connectivity index (χ1) is 17.3. The van der Waals surface area contributed by atoms with Gasteiger partial charge in [-0.2, -0.15) is 0 Å². The molecule has 9 nitrogen and oxygen atoms in total. The number of carbonyl (C=O) groups excluding carboxylic acids is 2. The second-order valence-electron chi connectivity index (χ2n) is 9.88. The lowest BCUT2D eigenvalue weighted by atomic mass is 9.91. The van der Waals surface area contributed by atoms with E-state index >= 15 is 0 Å². The number of rotatable bonds is 13. The van der Waals surface area contributed by atoms with E-state index in [0.717, 1.165) is 31.4 Å². The summed E-state index contributed by atoms with van der Waals surface area (Å²) in [6.07, 6.45) is 5.40. The maximum atomic E-state index is 13.0. The lowest BCUT2D eigenvalue weighted by molar-refractivity contribution is -0.0378. The number of carbonyl (C=O) groups is 2. The zero-order valence-corrected chi connectivity index (χ0v) is 22.4. The summed E-state index contributed by atoms with van der Waals surface area (Å²) in [6, 6.07) is 7.43. The first-order valence-corrected chi connectivity index (χ1v) is 13.2. The van der Waals surface area contributed by atoms with E-state index in [0.29, 0.717) is 43.6 Å². The SMILES string of the molecule is CNC[C@H](C[C@H]1CCC2(CC2)OC1)NC(=O)N(C)CC[C@@H](OCCNC(=O)OC)c1cccc(Cl)c1. The van der Waals surface area contributed by atoms with Crippen molar-refractivity contribution >= 4 is 23.7 Å². The van der Waals surface area contributed by atoms with Crippen LogP contribution in [0.15, 0.2) is 24.3 Å². The molecule has 3 amide bonds. The summed E-state index contributed by atoms with van der Waals surface area (Å²) in [4.78, 5) is 26.0. The van der Waals surface area contributed by atoms with E-state index in [1.165, 1.54) is 20.0 Å². The fourth-order valence-corrected chi connectivity index (χ4v) is 4.85. The van der Waals surface area contributed by atoms with Crippen LogP contribution < -0.4 is 16.0 Å². The van der Waals surface area contributed by atoms with E-state index in [2.05, 4.69) is 20.7 Å². The second kappa shape index (κ2) is 14.0. The summed E-state index contributed by atoms with van der Waals surface area (Å²) in [5, 5.41) is 9.62. The minimum atomic E-state index is -0.503. The highest BCUT2D eigenvalue weighted by atomic mass is 35.5. The predicted octanol–water partition coefficient (Wildman–Crippen LogP) is 3.72. The number of hydrogen-bond donors (Lipinski definition) is 3. The second-order valence-corrected chi connectivity index (χ2v) is 10.3. The normalized spacial score (nSPS) is 19.8. The number of methoxy groups -OCH3 is 1. The van der Waals surface area contributed by atoms with E-state index in [1.807, 2.05) is 31.3 Å². The summed E-state index contributed by atoms with van der Waals surface area (Å²) in [5.74, 6) is 0.472. The molecular formula is C26H41ClN4O5. The van der Waals surface area contributed by atoms with Crippen molar-refractivity contribution in [3.05, 3.63) is 34.9 Å². The molecule has 1 aromatic rings. The van der Waals surface area contributed by atoms with Gasteiger partial charge in [0.15, 0.2) is 0 Å². The monoisotopic (exact) mass is 524 g/mol. The molecule has 1 spiro atoms. The van der Waals surface area contributed by atoms with Gasteiger partial charge in [0, 0.05) is 37.7 Å². The predicted molar refractivity (Wildman–Crippen MR) is 139 cm³/mol. The van der Waals surface area contributed by atoms with Gasteiger partial charge >= 0.3 is 12.1 Å². The molecule has 3 rings (SSSR count). The first-order valence-electron chi connectivity index (χ1n) is 12.8. The summed E-state index contributed by atoms with van der Waals surface area (Å²) in [6.45, 7) is 2.61. The Morgan fingerprint density at radius 3 is 2.75 bits per heavy atom. The van der Waals surface area contributed by atoms with Gasteiger partial charge in [0.2, 0.25) is 0 Å². The third-order valence-electron chi connectivity index (χ3n) is 7.01. The van der Waals surface area contributed by atoms with Crippen LogP contribution in [0.2, 0.25) is 5.02 Å². The van der Waals surface area contributed by atoms with Gasteiger partial charge in [-0.1, -0.05) is 23.7 Å². The molecule has 10 heteroatoms. The summed E-state index contributed by atoms with van der Waals surface area (Å²) < 4.78 is 16.7. The number of alkyl carbamates (subject to hydrolysis) is 1. The molecule has 36 heavy (non-hydrogen) atoms. The van der Waals surface area contributed by atoms with Crippen molar-refractivity contribution in [2.24, 2.45) is 5.92 Å². The van der Waals surface area contributed by atoms with Crippen LogP contribution in [0.1, 0.15) is 50.2 Å². The lowest BCUT2D eigenvalue weighted by Crippen LogP contribution is -2.48. The van der Waals surface area contributed by atoms with Crippen LogP contribution in [0.3, 0.4) is 0 Å². The quantitative estimate of drug-likeness (QED) is 0.340. The fraction of sp³-hybridized carbons (Fsp3) is 0.692. The maximum Gasteiger partial charge on any atom is 0.406 e. The number of benzene rings is 1. The van der Waals surface area contributed by atoms with Crippen LogP contribution in [-0.2, 0) is 14.2 Å². The molecular weight excluding hydrogens is 484 g/mol. The van der Waals surface area contributed by atoms with E-state index < -0.39 is 6.09 Å². The maximum absolute atomic E-state index is 13.0. The first kappa shape index (κ1) is 28.5. The van der Waals surface area contributed by atoms with Crippen LogP contribution in [0.5, 0.6) is 0 Å². The van der Waals surface area contributed by atoms with Gasteiger partial charge in [-0.25, -0.2) is 9.59 Å². The van der Waals surface area contributed by atoms with Gasteiger partial charge in [0.1, 0.15) is 0 Å². The van der Waals surface area contributed by atoms with Crippen molar-refractivity contribution in [3.8, 4) is 0 Å². The van der Waals surface area contributed by atoms with Crippen molar-refractivity contribution in [2.75, 3.05) is 54.1 Å². The van der Waals surface area contributed by atoms with E-state index in [-0.39, 0.29) is 23.8 Å². The van der Waals surface area contributed by atoms with Gasteiger partial charge in [-0.3, -0.25) is 0 Å². The molecule has 1 heterocycles. The summed E-state index contributed by atoms with van der Waals surface area (Å²) in [5.41, 5.74) is 1.11. The minimum absolute atomic E-state index is 0.0381. The van der Waals surface area contributed by atoms with E-state index in [9.17, 15) is 9.59 Å². The van der Waals surface area contributed by atoms with Crippen LogP contribution >= 0.6 is 11.6 Å². The van der Waals surface area contributed by atoms with Crippen molar-refractivity contribution in [2.45, 2.75) is 56.3 Å². The number of nitrogens with zero attached hydrogens (tertiary/aromatic N) is 1. The number of amides is 3. The number of likely N-dealkylation sites (N-methyl/N-ethyl adjacent to an activating group) is 1. The average molecular weight is 525 g/mol. The molecule has 0 radical (unpaired) electrons. The smallest absolute Gasteiger partial charge is 0.406 e. The van der Waals surface area contributed by atoms with E-state index in [1.54, 1.807) is 11.9 Å². The molecule has 202 valence electrons. The van der Waals surface area contributed by atoms with Crippen LogP contribution in [0.4, 0.5) is 9.59 Å². The van der Waals surface area contributed by atoms with Crippen LogP contribution in [0.25, 0.3) is 0 Å². The average Bonchev–Trinajstić information content (AvgIpc) is 3.63. The zero-order chi connectivity index (χ0) is 26.0. The number of nitrogens with one attached hydrogen (secondary N) is 3. The standard InChI is InChI=1S/C26H41ClN4O5/c1-28-17-22(15-19-7-9-26(10-11-26)36-18-19)30-24(32)31(2)13-8-23(20-5-4-6-21(27)16-20)35-14-12-29-25(33)34-3/h4-6,16,19,22-23,28H,7-15,17-18H2,1-3H3,(H,29,33)(H,30,32)/t19-,22+,23-/m1/s1. The molecule has 0 aromatic heterocycles. The molecule has 1 saturated heterocycles. The Morgan fingerprint density at radius 1 is 1.31 bits per heavy atom. The molecule has 2 aliphatic rings. The van der Waals surface area contributed by atoms with E-state index in [4.69, 9.17) is 21.1 Å². The molecule has 1 aliphatic heterocycles. The molecule has 0 bridgehead atoms. The molecule has 1 aromatic carbocycles. The third kappa shape index (κ3) is 9.10. The Labute approximate surface area is 219 Å². The minimum Gasteiger partial charge on any atom is -0.453 e. The summed E-state index contributed by atoms with van der Waals surface area (Å²) >= 11 is 6.19. The largest absolute Gasteiger partial charge is 0.453 e. The third-order valence-corrected chi connectivity index (χ3v) is 7.24. The number of hydrogen-bond acceptors (Lipinski definition) is 6. The van der Waals surface area contributed by atoms with Gasteiger partial charge in [-0.15, -0.1) is 0 Å². The number of halogens is 1. The Balaban J connectivity index is 1.48. The lowest BCUT2D eigenvalue weighted by Gasteiger charge is -2.32. The Bertz CT molecular complexity index is 843. The van der Waals surface area contributed by atoms with Gasteiger partial charge in [0.25, 0.3) is 0 Å². The van der Waals surface area contributed by atoms with Crippen molar-refractivity contribution in [1.29, 1.82) is 0 Å². The molecule has 3 atom stereocenters. The number of ether oxygens (including phenoxy) is 3. The van der Waals surface area contributed by atoms with Gasteiger partial charge < -0.3 is 35.1 Å². The Morgan fingerprint density at radius 2 is 2.11 bits per heavy atom. The molecule has 0 unspecified atom stereocenters. The number of urea groups is 1. The summed E-state index contributed by atoms with van der Waals surface area (Å²) in [7, 11) is 5.01. The highest BCUT2D eigenvalue weighted by Crippen LogP contribution is 2.47. The van der Waals surface area contributed by atoms with Crippen LogP contribution in [0, 0.1) is 5.92 Å². The Hall–Kier alpha value is -2.07. The highest BCUT2D eigenvalue weighted by Gasteiger charge is 2.46. The Kier molecular flexibility index (Phi) is 11.1. The highest BCUT2D eigenvalue weighted by molar-refractivity contribution is 6.30.